The van der Waals surface area contributed by atoms with E-state index in [4.69, 9.17) is 10.5 Å². The van der Waals surface area contributed by atoms with Gasteiger partial charge in [0.2, 0.25) is 0 Å². The van der Waals surface area contributed by atoms with Gasteiger partial charge in [-0.3, -0.25) is 0 Å². The fourth-order valence-corrected chi connectivity index (χ4v) is 2.89. The number of hydrogen-bond acceptors (Lipinski definition) is 3. The molecule has 2 aromatic rings. The number of rotatable bonds is 1. The molecule has 0 spiro atoms. The predicted octanol–water partition coefficient (Wildman–Crippen LogP) is 3.41. The summed E-state index contributed by atoms with van der Waals surface area (Å²) in [5.74, 6) is 0.282. The normalized spacial score (nSPS) is 22.9. The fourth-order valence-electron chi connectivity index (χ4n) is 2.12. The molecule has 1 aliphatic rings. The third-order valence-electron chi connectivity index (χ3n) is 2.97. The molecule has 0 bridgehead atoms. The first-order valence-corrected chi connectivity index (χ1v) is 6.37. The third kappa shape index (κ3) is 1.94. The van der Waals surface area contributed by atoms with Gasteiger partial charge < -0.3 is 10.5 Å². The Hall–Kier alpha value is -1.39. The van der Waals surface area contributed by atoms with Crippen molar-refractivity contribution in [3.63, 3.8) is 0 Å². The zero-order chi connectivity index (χ0) is 11.8. The largest absolute Gasteiger partial charge is 0.484 e. The molecule has 1 aromatic heterocycles. The molecule has 0 saturated carbocycles. The lowest BCUT2D eigenvalue weighted by Crippen LogP contribution is -2.23. The molecule has 4 heteroatoms. The maximum absolute atomic E-state index is 13.2. The van der Waals surface area contributed by atoms with Gasteiger partial charge in [0.1, 0.15) is 17.7 Å². The van der Waals surface area contributed by atoms with Gasteiger partial charge in [0.05, 0.1) is 0 Å². The van der Waals surface area contributed by atoms with Crippen molar-refractivity contribution < 1.29 is 9.13 Å². The van der Waals surface area contributed by atoms with E-state index < -0.39 is 0 Å². The summed E-state index contributed by atoms with van der Waals surface area (Å²) in [5, 5.41) is 2.01. The van der Waals surface area contributed by atoms with E-state index in [2.05, 4.69) is 0 Å². The molecule has 0 amide bonds. The van der Waals surface area contributed by atoms with E-state index in [-0.39, 0.29) is 18.0 Å². The van der Waals surface area contributed by atoms with E-state index in [9.17, 15) is 4.39 Å². The molecular weight excluding hydrogens is 237 g/mol. The van der Waals surface area contributed by atoms with Crippen molar-refractivity contribution in [2.45, 2.75) is 18.6 Å². The topological polar surface area (TPSA) is 35.2 Å². The van der Waals surface area contributed by atoms with Crippen molar-refractivity contribution in [2.75, 3.05) is 0 Å². The third-order valence-corrected chi connectivity index (χ3v) is 3.94. The van der Waals surface area contributed by atoms with Crippen LogP contribution in [0.4, 0.5) is 4.39 Å². The van der Waals surface area contributed by atoms with E-state index in [1.807, 2.05) is 17.5 Å². The van der Waals surface area contributed by atoms with Gasteiger partial charge in [-0.25, -0.2) is 4.39 Å². The first-order chi connectivity index (χ1) is 8.24. The Labute approximate surface area is 103 Å². The fraction of sp³-hybridized carbons (Fsp3) is 0.231. The molecule has 2 nitrogen and oxygen atoms in total. The predicted molar refractivity (Wildman–Crippen MR) is 65.6 cm³/mol. The standard InChI is InChI=1S/C13H12FNOS/c14-8-3-4-9-10(15)7-12(16-11(9)6-8)13-2-1-5-17-13/h1-6,10,12H,7,15H2/t10-,12?/m1/s1. The summed E-state index contributed by atoms with van der Waals surface area (Å²) in [5.41, 5.74) is 6.98. The maximum Gasteiger partial charge on any atom is 0.135 e. The molecule has 0 aliphatic carbocycles. The average Bonchev–Trinajstić information content (AvgIpc) is 2.81. The van der Waals surface area contributed by atoms with E-state index in [0.29, 0.717) is 5.75 Å². The Balaban J connectivity index is 1.97. The van der Waals surface area contributed by atoms with Gasteiger partial charge in [0.25, 0.3) is 0 Å². The highest BCUT2D eigenvalue weighted by Crippen LogP contribution is 2.40. The Morgan fingerprint density at radius 3 is 3.00 bits per heavy atom. The second-order valence-electron chi connectivity index (χ2n) is 4.15. The van der Waals surface area contributed by atoms with Crippen LogP contribution in [0.5, 0.6) is 5.75 Å². The van der Waals surface area contributed by atoms with Crippen LogP contribution in [0.1, 0.15) is 29.0 Å². The highest BCUT2D eigenvalue weighted by molar-refractivity contribution is 7.10. The second-order valence-corrected chi connectivity index (χ2v) is 5.13. The van der Waals surface area contributed by atoms with Crippen LogP contribution >= 0.6 is 11.3 Å². The van der Waals surface area contributed by atoms with Crippen LogP contribution in [0.2, 0.25) is 0 Å². The molecule has 0 saturated heterocycles. The van der Waals surface area contributed by atoms with Crippen LogP contribution in [0.25, 0.3) is 0 Å². The van der Waals surface area contributed by atoms with E-state index in [1.54, 1.807) is 17.4 Å². The molecule has 1 aromatic carbocycles. The number of benzene rings is 1. The van der Waals surface area contributed by atoms with Gasteiger partial charge >= 0.3 is 0 Å². The van der Waals surface area contributed by atoms with Crippen molar-refractivity contribution in [3.05, 3.63) is 52.0 Å². The number of hydrogen-bond donors (Lipinski definition) is 1. The second kappa shape index (κ2) is 4.13. The van der Waals surface area contributed by atoms with Gasteiger partial charge in [-0.2, -0.15) is 0 Å². The molecule has 17 heavy (non-hydrogen) atoms. The molecule has 2 heterocycles. The van der Waals surface area contributed by atoms with Gasteiger partial charge in [-0.15, -0.1) is 11.3 Å². The smallest absolute Gasteiger partial charge is 0.135 e. The number of fused-ring (bicyclic) bond motifs is 1. The highest BCUT2D eigenvalue weighted by atomic mass is 32.1. The van der Waals surface area contributed by atoms with Gasteiger partial charge in [0, 0.05) is 29.0 Å². The lowest BCUT2D eigenvalue weighted by atomic mass is 9.96. The Kier molecular flexibility index (Phi) is 2.61. The minimum Gasteiger partial charge on any atom is -0.484 e. The quantitative estimate of drug-likeness (QED) is 0.840. The van der Waals surface area contributed by atoms with Crippen LogP contribution in [0, 0.1) is 5.82 Å². The lowest BCUT2D eigenvalue weighted by Gasteiger charge is -2.29. The Morgan fingerprint density at radius 2 is 2.24 bits per heavy atom. The van der Waals surface area contributed by atoms with Gasteiger partial charge in [-0.05, 0) is 17.5 Å². The van der Waals surface area contributed by atoms with Gasteiger partial charge in [-0.1, -0.05) is 12.1 Å². The van der Waals surface area contributed by atoms with Crippen LogP contribution in [0.15, 0.2) is 35.7 Å². The molecule has 2 atom stereocenters. The number of ether oxygens (including phenoxy) is 1. The number of thiophene rings is 1. The summed E-state index contributed by atoms with van der Waals surface area (Å²) in [4.78, 5) is 1.13. The summed E-state index contributed by atoms with van der Waals surface area (Å²) in [6, 6.07) is 8.46. The molecule has 88 valence electrons. The molecule has 3 rings (SSSR count). The van der Waals surface area contributed by atoms with Crippen LogP contribution in [0.3, 0.4) is 0 Å². The van der Waals surface area contributed by atoms with Crippen molar-refractivity contribution in [1.29, 1.82) is 0 Å². The van der Waals surface area contributed by atoms with Crippen LogP contribution < -0.4 is 10.5 Å². The Morgan fingerprint density at radius 1 is 1.35 bits per heavy atom. The minimum atomic E-state index is -0.289. The molecule has 2 N–H and O–H groups in total. The van der Waals surface area contributed by atoms with E-state index >= 15 is 0 Å². The molecule has 1 unspecified atom stereocenters. The Bertz CT molecular complexity index is 526. The molecular formula is C13H12FNOS. The summed E-state index contributed by atoms with van der Waals surface area (Å²) in [6.07, 6.45) is 0.679. The first-order valence-electron chi connectivity index (χ1n) is 5.49. The minimum absolute atomic E-state index is 0.0562. The SMILES string of the molecule is N[C@@H]1CC(c2cccs2)Oc2cc(F)ccc21. The molecule has 0 radical (unpaired) electrons. The maximum atomic E-state index is 13.2. The molecule has 0 fully saturated rings. The summed E-state index contributed by atoms with van der Waals surface area (Å²) in [6.45, 7) is 0. The van der Waals surface area contributed by atoms with E-state index in [1.165, 1.54) is 12.1 Å². The zero-order valence-electron chi connectivity index (χ0n) is 9.10. The van der Waals surface area contributed by atoms with Crippen molar-refractivity contribution in [1.82, 2.24) is 0 Å². The van der Waals surface area contributed by atoms with Crippen molar-refractivity contribution >= 4 is 11.3 Å². The summed E-state index contributed by atoms with van der Waals surface area (Å²) < 4.78 is 19.0. The van der Waals surface area contributed by atoms with Gasteiger partial charge in [0.15, 0.2) is 0 Å². The van der Waals surface area contributed by atoms with E-state index in [0.717, 1.165) is 16.9 Å². The lowest BCUT2D eigenvalue weighted by molar-refractivity contribution is 0.164. The first kappa shape index (κ1) is 10.7. The number of nitrogens with two attached hydrogens (primary N) is 1. The summed E-state index contributed by atoms with van der Waals surface area (Å²) >= 11 is 1.64. The van der Waals surface area contributed by atoms with Crippen molar-refractivity contribution in [2.24, 2.45) is 5.73 Å². The highest BCUT2D eigenvalue weighted by Gasteiger charge is 2.27. The number of halogens is 1. The van der Waals surface area contributed by atoms with Crippen LogP contribution in [-0.4, -0.2) is 0 Å². The zero-order valence-corrected chi connectivity index (χ0v) is 9.91. The van der Waals surface area contributed by atoms with Crippen molar-refractivity contribution in [3.8, 4) is 5.75 Å². The molecule has 1 aliphatic heterocycles. The summed E-state index contributed by atoms with van der Waals surface area (Å²) in [7, 11) is 0. The average molecular weight is 249 g/mol. The monoisotopic (exact) mass is 249 g/mol. The van der Waals surface area contributed by atoms with Crippen LogP contribution in [-0.2, 0) is 0 Å².